The maximum absolute atomic E-state index is 12.5. The highest BCUT2D eigenvalue weighted by Crippen LogP contribution is 2.24. The number of amides is 1. The van der Waals surface area contributed by atoms with Gasteiger partial charge in [-0.3, -0.25) is 9.79 Å². The second-order valence-electron chi connectivity index (χ2n) is 7.27. The Morgan fingerprint density at radius 3 is 2.82 bits per heavy atom. The molecule has 2 aliphatic rings. The molecule has 6 nitrogen and oxygen atoms in total. The molecule has 3 heterocycles. The van der Waals surface area contributed by atoms with Crippen LogP contribution in [0.3, 0.4) is 0 Å². The Labute approximate surface area is 190 Å². The number of nitrogens with one attached hydrogen (secondary N) is 2. The molecule has 1 aromatic heterocycles. The second kappa shape index (κ2) is 12.6. The van der Waals surface area contributed by atoms with E-state index in [9.17, 15) is 4.79 Å². The summed E-state index contributed by atoms with van der Waals surface area (Å²) in [5, 5.41) is 8.73. The van der Waals surface area contributed by atoms with Gasteiger partial charge in [-0.1, -0.05) is 6.42 Å². The van der Waals surface area contributed by atoms with Crippen molar-refractivity contribution in [2.24, 2.45) is 4.99 Å². The SMILES string of the molecule is CCNC(=NCCN1CCCCC1)NCCC(=O)N1CCc2sccc2C1.I. The maximum atomic E-state index is 12.5. The van der Waals surface area contributed by atoms with Crippen LogP contribution in [0.1, 0.15) is 43.0 Å². The molecule has 1 amide bonds. The molecular formula is C20H34IN5OS. The Balaban J connectivity index is 0.00000280. The van der Waals surface area contributed by atoms with E-state index >= 15 is 0 Å². The Morgan fingerprint density at radius 2 is 2.04 bits per heavy atom. The highest BCUT2D eigenvalue weighted by atomic mass is 127. The molecule has 1 fully saturated rings. The van der Waals surface area contributed by atoms with Gasteiger partial charge in [-0.25, -0.2) is 0 Å². The number of hydrogen-bond acceptors (Lipinski definition) is 4. The Kier molecular flexibility index (Phi) is 10.6. The molecule has 0 aliphatic carbocycles. The molecule has 0 radical (unpaired) electrons. The zero-order valence-electron chi connectivity index (χ0n) is 16.9. The molecule has 158 valence electrons. The standard InChI is InChI=1S/C20H33N5OS.HI/c1-2-21-20(23-10-14-24-11-4-3-5-12-24)22-9-6-19(26)25-13-7-18-17(16-25)8-15-27-18;/h8,15H,2-7,9-14,16H2,1H3,(H2,21,22,23);1H. The van der Waals surface area contributed by atoms with Crippen LogP contribution >= 0.6 is 35.3 Å². The molecule has 2 aliphatic heterocycles. The summed E-state index contributed by atoms with van der Waals surface area (Å²) in [6.45, 7) is 9.36. The second-order valence-corrected chi connectivity index (χ2v) is 8.27. The average Bonchev–Trinajstić information content (AvgIpc) is 3.16. The number of thiophene rings is 1. The fourth-order valence-corrected chi connectivity index (χ4v) is 4.62. The van der Waals surface area contributed by atoms with Gasteiger partial charge in [-0.05, 0) is 56.3 Å². The maximum Gasteiger partial charge on any atom is 0.224 e. The molecule has 2 N–H and O–H groups in total. The van der Waals surface area contributed by atoms with Crippen LogP contribution in [0.5, 0.6) is 0 Å². The molecule has 1 aromatic rings. The molecule has 0 bridgehead atoms. The van der Waals surface area contributed by atoms with E-state index in [1.165, 1.54) is 42.8 Å². The molecule has 8 heteroatoms. The zero-order chi connectivity index (χ0) is 18.9. The highest BCUT2D eigenvalue weighted by molar-refractivity contribution is 14.0. The van der Waals surface area contributed by atoms with Crippen LogP contribution in [0.4, 0.5) is 0 Å². The first kappa shape index (κ1) is 23.4. The minimum Gasteiger partial charge on any atom is -0.357 e. The van der Waals surface area contributed by atoms with Crippen LogP contribution in [0.2, 0.25) is 0 Å². The molecule has 0 unspecified atom stereocenters. The number of carbonyl (C=O) groups is 1. The van der Waals surface area contributed by atoms with Crippen molar-refractivity contribution in [1.29, 1.82) is 0 Å². The van der Waals surface area contributed by atoms with Crippen LogP contribution in [0.15, 0.2) is 16.4 Å². The fraction of sp³-hybridized carbons (Fsp3) is 0.700. The van der Waals surface area contributed by atoms with Gasteiger partial charge in [0.2, 0.25) is 5.91 Å². The van der Waals surface area contributed by atoms with Crippen molar-refractivity contribution in [2.45, 2.75) is 45.6 Å². The van der Waals surface area contributed by atoms with E-state index in [0.717, 1.165) is 45.1 Å². The van der Waals surface area contributed by atoms with Gasteiger partial charge in [0, 0.05) is 44.0 Å². The number of halogens is 1. The van der Waals surface area contributed by atoms with Crippen molar-refractivity contribution < 1.29 is 4.79 Å². The number of hydrogen-bond donors (Lipinski definition) is 2. The van der Waals surface area contributed by atoms with Gasteiger partial charge in [-0.15, -0.1) is 35.3 Å². The number of piperidine rings is 1. The third kappa shape index (κ3) is 7.18. The van der Waals surface area contributed by atoms with Crippen LogP contribution in [-0.2, 0) is 17.8 Å². The molecule has 0 saturated carbocycles. The van der Waals surface area contributed by atoms with E-state index in [4.69, 9.17) is 0 Å². The summed E-state index contributed by atoms with van der Waals surface area (Å²) in [6.07, 6.45) is 5.49. The van der Waals surface area contributed by atoms with Crippen LogP contribution in [0, 0.1) is 0 Å². The van der Waals surface area contributed by atoms with Crippen molar-refractivity contribution in [3.8, 4) is 0 Å². The first-order valence-electron chi connectivity index (χ1n) is 10.3. The molecule has 3 rings (SSSR count). The smallest absolute Gasteiger partial charge is 0.224 e. The van der Waals surface area contributed by atoms with Gasteiger partial charge in [0.25, 0.3) is 0 Å². The predicted molar refractivity (Wildman–Crippen MR) is 128 cm³/mol. The summed E-state index contributed by atoms with van der Waals surface area (Å²) in [4.78, 5) is 23.1. The molecular weight excluding hydrogens is 485 g/mol. The number of aliphatic imine (C=N–C) groups is 1. The van der Waals surface area contributed by atoms with Gasteiger partial charge in [0.15, 0.2) is 5.96 Å². The third-order valence-corrected chi connectivity index (χ3v) is 6.29. The molecule has 0 spiro atoms. The van der Waals surface area contributed by atoms with Crippen molar-refractivity contribution in [1.82, 2.24) is 20.4 Å². The zero-order valence-corrected chi connectivity index (χ0v) is 20.1. The van der Waals surface area contributed by atoms with Gasteiger partial charge in [0.05, 0.1) is 6.54 Å². The van der Waals surface area contributed by atoms with E-state index in [1.54, 1.807) is 11.3 Å². The van der Waals surface area contributed by atoms with E-state index in [1.807, 2.05) is 4.90 Å². The molecule has 1 saturated heterocycles. The quantitative estimate of drug-likeness (QED) is 0.331. The monoisotopic (exact) mass is 519 g/mol. The van der Waals surface area contributed by atoms with Crippen LogP contribution < -0.4 is 10.6 Å². The number of rotatable bonds is 7. The van der Waals surface area contributed by atoms with Crippen LogP contribution in [-0.4, -0.2) is 67.5 Å². The number of guanidine groups is 1. The lowest BCUT2D eigenvalue weighted by Gasteiger charge is -2.27. The van der Waals surface area contributed by atoms with Crippen LogP contribution in [0.25, 0.3) is 0 Å². The summed E-state index contributed by atoms with van der Waals surface area (Å²) >= 11 is 1.81. The van der Waals surface area contributed by atoms with Crippen molar-refractivity contribution >= 4 is 47.2 Å². The lowest BCUT2D eigenvalue weighted by molar-refractivity contribution is -0.131. The lowest BCUT2D eigenvalue weighted by Crippen LogP contribution is -2.41. The summed E-state index contributed by atoms with van der Waals surface area (Å²) in [5.74, 6) is 1.05. The fourth-order valence-electron chi connectivity index (χ4n) is 3.74. The Hall–Kier alpha value is -0.870. The Morgan fingerprint density at radius 1 is 1.21 bits per heavy atom. The van der Waals surface area contributed by atoms with Crippen molar-refractivity contribution in [3.63, 3.8) is 0 Å². The minimum atomic E-state index is 0. The number of nitrogens with zero attached hydrogens (tertiary/aromatic N) is 3. The van der Waals surface area contributed by atoms with Gasteiger partial charge in [-0.2, -0.15) is 0 Å². The average molecular weight is 519 g/mol. The Bertz CT molecular complexity index is 630. The minimum absolute atomic E-state index is 0. The van der Waals surface area contributed by atoms with Gasteiger partial charge >= 0.3 is 0 Å². The van der Waals surface area contributed by atoms with Crippen molar-refractivity contribution in [2.75, 3.05) is 45.8 Å². The van der Waals surface area contributed by atoms with E-state index in [-0.39, 0.29) is 29.9 Å². The first-order chi connectivity index (χ1) is 13.3. The first-order valence-corrected chi connectivity index (χ1v) is 11.2. The summed E-state index contributed by atoms with van der Waals surface area (Å²) < 4.78 is 0. The number of fused-ring (bicyclic) bond motifs is 1. The van der Waals surface area contributed by atoms with E-state index < -0.39 is 0 Å². The molecule has 28 heavy (non-hydrogen) atoms. The summed E-state index contributed by atoms with van der Waals surface area (Å²) in [6, 6.07) is 2.15. The van der Waals surface area contributed by atoms with Gasteiger partial charge < -0.3 is 20.4 Å². The lowest BCUT2D eigenvalue weighted by atomic mass is 10.1. The third-order valence-electron chi connectivity index (χ3n) is 5.27. The molecule has 0 atom stereocenters. The molecule has 0 aromatic carbocycles. The predicted octanol–water partition coefficient (Wildman–Crippen LogP) is 2.68. The highest BCUT2D eigenvalue weighted by Gasteiger charge is 2.21. The van der Waals surface area contributed by atoms with Crippen molar-refractivity contribution in [3.05, 3.63) is 21.9 Å². The van der Waals surface area contributed by atoms with E-state index in [2.05, 4.69) is 38.9 Å². The summed E-state index contributed by atoms with van der Waals surface area (Å²) in [5.41, 5.74) is 1.32. The van der Waals surface area contributed by atoms with Gasteiger partial charge in [0.1, 0.15) is 0 Å². The largest absolute Gasteiger partial charge is 0.357 e. The van der Waals surface area contributed by atoms with E-state index in [0.29, 0.717) is 13.0 Å². The summed E-state index contributed by atoms with van der Waals surface area (Å²) in [7, 11) is 0. The number of carbonyl (C=O) groups excluding carboxylic acids is 1. The topological polar surface area (TPSA) is 60.0 Å². The number of likely N-dealkylation sites (tertiary alicyclic amines) is 1. The normalized spacial score (nSPS) is 17.6.